The smallest absolute Gasteiger partial charge is 0.191 e. The van der Waals surface area contributed by atoms with Crippen LogP contribution in [0.15, 0.2) is 29.3 Å². The van der Waals surface area contributed by atoms with Crippen LogP contribution < -0.4 is 15.4 Å². The Hall–Kier alpha value is -1.02. The Labute approximate surface area is 179 Å². The molecular weight excluding hydrogens is 453 g/mol. The molecule has 3 aliphatic rings. The number of fused-ring (bicyclic) bond motifs is 1. The molecule has 1 aliphatic heterocycles. The third kappa shape index (κ3) is 4.53. The van der Waals surface area contributed by atoms with E-state index in [-0.39, 0.29) is 35.6 Å². The van der Waals surface area contributed by atoms with E-state index in [1.807, 2.05) is 6.07 Å². The predicted octanol–water partition coefficient (Wildman–Crippen LogP) is 3.91. The molecule has 4 rings (SSSR count). The number of aliphatic hydroxyl groups is 1. The summed E-state index contributed by atoms with van der Waals surface area (Å²) < 4.78 is 6.44. The zero-order valence-electron chi connectivity index (χ0n) is 16.2. The van der Waals surface area contributed by atoms with E-state index in [1.165, 1.54) is 18.4 Å². The molecule has 2 fully saturated rings. The molecule has 1 atom stereocenters. The summed E-state index contributed by atoms with van der Waals surface area (Å²) in [6, 6.07) is 8.53. The largest absolute Gasteiger partial charge is 0.487 e. The van der Waals surface area contributed by atoms with E-state index in [0.717, 1.165) is 56.7 Å². The van der Waals surface area contributed by atoms with Gasteiger partial charge in [-0.3, -0.25) is 4.99 Å². The Morgan fingerprint density at radius 2 is 1.81 bits per heavy atom. The maximum atomic E-state index is 10.6. The second kappa shape index (κ2) is 8.55. The number of ether oxygens (including phenoxy) is 1. The first-order chi connectivity index (χ1) is 12.6. The van der Waals surface area contributed by atoms with Gasteiger partial charge in [0.25, 0.3) is 0 Å². The number of para-hydroxylation sites is 1. The highest BCUT2D eigenvalue weighted by molar-refractivity contribution is 14.0. The third-order valence-corrected chi connectivity index (χ3v) is 6.37. The number of nitrogens with zero attached hydrogens (tertiary/aromatic N) is 1. The second-order valence-corrected chi connectivity index (χ2v) is 8.29. The maximum absolute atomic E-state index is 10.6. The Morgan fingerprint density at radius 3 is 2.52 bits per heavy atom. The minimum atomic E-state index is -0.585. The molecule has 3 N–H and O–H groups in total. The van der Waals surface area contributed by atoms with Crippen LogP contribution in [0.2, 0.25) is 0 Å². The first-order valence-corrected chi connectivity index (χ1v) is 10.1. The first-order valence-electron chi connectivity index (χ1n) is 10.1. The topological polar surface area (TPSA) is 65.9 Å². The Balaban J connectivity index is 0.00000210. The molecule has 1 aromatic carbocycles. The number of nitrogens with one attached hydrogen (secondary N) is 2. The molecule has 1 aromatic rings. The number of rotatable bonds is 3. The molecule has 1 unspecified atom stereocenters. The molecule has 2 saturated carbocycles. The van der Waals surface area contributed by atoms with Crippen LogP contribution >= 0.6 is 24.0 Å². The van der Waals surface area contributed by atoms with Gasteiger partial charge in [0.15, 0.2) is 5.96 Å². The van der Waals surface area contributed by atoms with Crippen LogP contribution in [0.25, 0.3) is 0 Å². The highest BCUT2D eigenvalue weighted by Gasteiger charge is 2.43. The van der Waals surface area contributed by atoms with Crippen molar-refractivity contribution in [2.45, 2.75) is 75.0 Å². The van der Waals surface area contributed by atoms with Crippen molar-refractivity contribution in [2.75, 3.05) is 13.6 Å². The number of hydrogen-bond acceptors (Lipinski definition) is 3. The van der Waals surface area contributed by atoms with Crippen LogP contribution in [0.5, 0.6) is 5.75 Å². The number of halogens is 1. The summed E-state index contributed by atoms with van der Waals surface area (Å²) in [5.41, 5.74) is 0.583. The molecule has 0 aromatic heterocycles. The molecule has 0 radical (unpaired) electrons. The summed E-state index contributed by atoms with van der Waals surface area (Å²) in [6.45, 7) is 0.558. The van der Waals surface area contributed by atoms with Crippen LogP contribution in [0.3, 0.4) is 0 Å². The minimum absolute atomic E-state index is 0. The lowest BCUT2D eigenvalue weighted by molar-refractivity contribution is 0.0388. The monoisotopic (exact) mass is 485 g/mol. The van der Waals surface area contributed by atoms with Gasteiger partial charge < -0.3 is 20.5 Å². The van der Waals surface area contributed by atoms with Gasteiger partial charge in [-0.15, -0.1) is 24.0 Å². The van der Waals surface area contributed by atoms with E-state index in [4.69, 9.17) is 4.74 Å². The van der Waals surface area contributed by atoms with Gasteiger partial charge in [0.05, 0.1) is 11.6 Å². The Bertz CT molecular complexity index is 667. The highest BCUT2D eigenvalue weighted by Crippen LogP contribution is 2.46. The molecule has 27 heavy (non-hydrogen) atoms. The number of benzene rings is 1. The van der Waals surface area contributed by atoms with Crippen LogP contribution in [-0.2, 0) is 0 Å². The van der Waals surface area contributed by atoms with Gasteiger partial charge in [-0.1, -0.05) is 31.0 Å². The molecular formula is C21H32IN3O2. The van der Waals surface area contributed by atoms with E-state index in [1.54, 1.807) is 7.05 Å². The summed E-state index contributed by atoms with van der Waals surface area (Å²) in [7, 11) is 1.80. The van der Waals surface area contributed by atoms with E-state index < -0.39 is 5.60 Å². The van der Waals surface area contributed by atoms with Crippen molar-refractivity contribution in [2.24, 2.45) is 4.99 Å². The van der Waals surface area contributed by atoms with Crippen LogP contribution in [0, 0.1) is 0 Å². The van der Waals surface area contributed by atoms with E-state index >= 15 is 0 Å². The van der Waals surface area contributed by atoms with Gasteiger partial charge in [-0.05, 0) is 44.6 Å². The van der Waals surface area contributed by atoms with Gasteiger partial charge in [-0.2, -0.15) is 0 Å². The van der Waals surface area contributed by atoms with Crippen molar-refractivity contribution in [1.29, 1.82) is 0 Å². The van der Waals surface area contributed by atoms with Gasteiger partial charge in [0, 0.05) is 25.6 Å². The summed E-state index contributed by atoms with van der Waals surface area (Å²) in [5.74, 6) is 1.77. The lowest BCUT2D eigenvalue weighted by Gasteiger charge is -2.40. The van der Waals surface area contributed by atoms with Gasteiger partial charge in [0.1, 0.15) is 11.4 Å². The lowest BCUT2D eigenvalue weighted by atomic mass is 9.86. The molecule has 150 valence electrons. The Morgan fingerprint density at radius 1 is 1.15 bits per heavy atom. The fourth-order valence-electron chi connectivity index (χ4n) is 4.89. The molecule has 0 bridgehead atoms. The summed E-state index contributed by atoms with van der Waals surface area (Å²) in [6.07, 6.45) is 9.69. The summed E-state index contributed by atoms with van der Waals surface area (Å²) in [4.78, 5) is 4.40. The fraction of sp³-hybridized carbons (Fsp3) is 0.667. The first kappa shape index (κ1) is 20.7. The molecule has 6 heteroatoms. The van der Waals surface area contributed by atoms with Gasteiger partial charge >= 0.3 is 0 Å². The molecule has 2 aliphatic carbocycles. The quantitative estimate of drug-likeness (QED) is 0.345. The second-order valence-electron chi connectivity index (χ2n) is 8.29. The number of hydrogen-bond donors (Lipinski definition) is 3. The maximum Gasteiger partial charge on any atom is 0.191 e. The standard InChI is InChI=1S/C21H31N3O2.HI/c1-22-19(23-15-20(25)10-4-5-11-20)24-17-14-21(12-6-7-13-21)26-18-9-3-2-8-16(17)18;/h2-3,8-9,17,25H,4-7,10-15H2,1H3,(H2,22,23,24);1H. The molecule has 1 spiro atoms. The van der Waals surface area contributed by atoms with E-state index in [2.05, 4.69) is 33.8 Å². The fourth-order valence-corrected chi connectivity index (χ4v) is 4.89. The lowest BCUT2D eigenvalue weighted by Crippen LogP contribution is -2.49. The van der Waals surface area contributed by atoms with Crippen molar-refractivity contribution < 1.29 is 9.84 Å². The van der Waals surface area contributed by atoms with E-state index in [9.17, 15) is 5.11 Å². The molecule has 1 heterocycles. The Kier molecular flexibility index (Phi) is 6.56. The van der Waals surface area contributed by atoms with Gasteiger partial charge in [-0.25, -0.2) is 0 Å². The average Bonchev–Trinajstić information content (AvgIpc) is 3.28. The normalized spacial score (nSPS) is 25.4. The minimum Gasteiger partial charge on any atom is -0.487 e. The van der Waals surface area contributed by atoms with Crippen molar-refractivity contribution in [1.82, 2.24) is 10.6 Å². The highest BCUT2D eigenvalue weighted by atomic mass is 127. The summed E-state index contributed by atoms with van der Waals surface area (Å²) >= 11 is 0. The molecule has 0 amide bonds. The van der Waals surface area contributed by atoms with Crippen molar-refractivity contribution in [3.05, 3.63) is 29.8 Å². The molecule has 5 nitrogen and oxygen atoms in total. The average molecular weight is 485 g/mol. The van der Waals surface area contributed by atoms with Crippen molar-refractivity contribution >= 4 is 29.9 Å². The zero-order chi connectivity index (χ0) is 18.0. The van der Waals surface area contributed by atoms with Crippen molar-refractivity contribution in [3.63, 3.8) is 0 Å². The summed E-state index contributed by atoms with van der Waals surface area (Å²) in [5, 5.41) is 17.6. The van der Waals surface area contributed by atoms with Crippen molar-refractivity contribution in [3.8, 4) is 5.75 Å². The number of guanidine groups is 1. The predicted molar refractivity (Wildman–Crippen MR) is 119 cm³/mol. The third-order valence-electron chi connectivity index (χ3n) is 6.37. The zero-order valence-corrected chi connectivity index (χ0v) is 18.5. The number of aliphatic imine (C=N–C) groups is 1. The van der Waals surface area contributed by atoms with Gasteiger partial charge in [0.2, 0.25) is 0 Å². The van der Waals surface area contributed by atoms with Crippen LogP contribution in [0.4, 0.5) is 0 Å². The van der Waals surface area contributed by atoms with Crippen LogP contribution in [0.1, 0.15) is 69.4 Å². The van der Waals surface area contributed by atoms with Crippen LogP contribution in [-0.4, -0.2) is 35.9 Å². The SMILES string of the molecule is CN=C(NCC1(O)CCCC1)NC1CC2(CCCC2)Oc2ccccc21.I. The molecule has 0 saturated heterocycles. The van der Waals surface area contributed by atoms with E-state index in [0.29, 0.717) is 6.54 Å².